The third kappa shape index (κ3) is 5.43. The van der Waals surface area contributed by atoms with E-state index in [-0.39, 0.29) is 17.2 Å². The summed E-state index contributed by atoms with van der Waals surface area (Å²) in [5.74, 6) is 0.0719. The van der Waals surface area contributed by atoms with E-state index in [1.807, 2.05) is 43.5 Å². The molecule has 1 fully saturated rings. The molecule has 2 heterocycles. The molecule has 0 unspecified atom stereocenters. The average molecular weight is 469 g/mol. The van der Waals surface area contributed by atoms with Gasteiger partial charge in [0.25, 0.3) is 0 Å². The number of nitrogens with zero attached hydrogens (tertiary/aromatic N) is 3. The van der Waals surface area contributed by atoms with Crippen LogP contribution in [0.4, 0.5) is 5.69 Å². The maximum absolute atomic E-state index is 13.3. The van der Waals surface area contributed by atoms with Crippen LogP contribution in [0.5, 0.6) is 5.75 Å². The Morgan fingerprint density at radius 2 is 1.85 bits per heavy atom. The van der Waals surface area contributed by atoms with Crippen molar-refractivity contribution in [3.63, 3.8) is 0 Å². The lowest BCUT2D eigenvalue weighted by Gasteiger charge is -2.27. The minimum absolute atomic E-state index is 0.0904. The number of sulfonamides is 1. The van der Waals surface area contributed by atoms with Crippen LogP contribution in [0.2, 0.25) is 0 Å². The smallest absolute Gasteiger partial charge is 0.246 e. The second-order valence-electron chi connectivity index (χ2n) is 7.90. The van der Waals surface area contributed by atoms with E-state index in [0.29, 0.717) is 31.1 Å². The van der Waals surface area contributed by atoms with Gasteiger partial charge in [0.1, 0.15) is 10.6 Å². The molecule has 0 spiro atoms. The van der Waals surface area contributed by atoms with Crippen molar-refractivity contribution in [3.05, 3.63) is 66.5 Å². The van der Waals surface area contributed by atoms with Gasteiger partial charge in [-0.25, -0.2) is 13.1 Å². The van der Waals surface area contributed by atoms with E-state index in [9.17, 15) is 13.2 Å². The van der Waals surface area contributed by atoms with Gasteiger partial charge in [0.05, 0.1) is 18.7 Å². The van der Waals surface area contributed by atoms with Crippen molar-refractivity contribution in [2.45, 2.75) is 37.5 Å². The third-order valence-electron chi connectivity index (χ3n) is 5.53. The summed E-state index contributed by atoms with van der Waals surface area (Å²) in [4.78, 5) is 12.7. The molecule has 0 radical (unpaired) electrons. The highest BCUT2D eigenvalue weighted by Gasteiger charge is 2.29. The van der Waals surface area contributed by atoms with Crippen LogP contribution in [0.25, 0.3) is 5.69 Å². The Morgan fingerprint density at radius 1 is 1.09 bits per heavy atom. The highest BCUT2D eigenvalue weighted by atomic mass is 32.2. The van der Waals surface area contributed by atoms with Gasteiger partial charge in [-0.1, -0.05) is 18.6 Å². The Morgan fingerprint density at radius 3 is 2.52 bits per heavy atom. The topological polar surface area (TPSA) is 93.5 Å². The van der Waals surface area contributed by atoms with Gasteiger partial charge in [0.2, 0.25) is 15.9 Å². The molecular weight excluding hydrogens is 440 g/mol. The zero-order chi connectivity index (χ0) is 23.3. The first kappa shape index (κ1) is 23.0. The van der Waals surface area contributed by atoms with Crippen LogP contribution in [0.1, 0.15) is 31.7 Å². The molecular formula is C24H28N4O4S. The van der Waals surface area contributed by atoms with E-state index < -0.39 is 10.0 Å². The molecule has 2 aromatic carbocycles. The molecule has 1 N–H and O–H groups in total. The lowest BCUT2D eigenvalue weighted by molar-refractivity contribution is -0.115. The lowest BCUT2D eigenvalue weighted by Crippen LogP contribution is -2.35. The van der Waals surface area contributed by atoms with Crippen molar-refractivity contribution in [1.82, 2.24) is 14.1 Å². The van der Waals surface area contributed by atoms with Crippen LogP contribution in [0.3, 0.4) is 0 Å². The number of carbonyl (C=O) groups is 1. The summed E-state index contributed by atoms with van der Waals surface area (Å²) in [6.07, 6.45) is 6.45. The van der Waals surface area contributed by atoms with E-state index in [0.717, 1.165) is 30.5 Å². The quantitative estimate of drug-likeness (QED) is 0.545. The van der Waals surface area contributed by atoms with E-state index in [1.165, 1.54) is 10.4 Å². The molecule has 3 aromatic rings. The first-order valence-electron chi connectivity index (χ1n) is 11.1. The molecule has 1 amide bonds. The van der Waals surface area contributed by atoms with Gasteiger partial charge in [-0.05, 0) is 61.7 Å². The van der Waals surface area contributed by atoms with Crippen molar-refractivity contribution >= 4 is 21.6 Å². The maximum Gasteiger partial charge on any atom is 0.246 e. The largest absolute Gasteiger partial charge is 0.492 e. The minimum Gasteiger partial charge on any atom is -0.492 e. The first-order chi connectivity index (χ1) is 16.0. The maximum atomic E-state index is 13.3. The summed E-state index contributed by atoms with van der Waals surface area (Å²) in [6, 6.07) is 14.2. The Bertz CT molecular complexity index is 1190. The number of piperidine rings is 1. The highest BCUT2D eigenvalue weighted by Crippen LogP contribution is 2.31. The summed E-state index contributed by atoms with van der Waals surface area (Å²) in [6.45, 7) is 3.16. The minimum atomic E-state index is -3.71. The Hall–Kier alpha value is -3.17. The normalized spacial score (nSPS) is 14.7. The molecule has 1 aliphatic heterocycles. The molecule has 1 aliphatic rings. The van der Waals surface area contributed by atoms with Crippen LogP contribution in [0.15, 0.2) is 65.8 Å². The Kier molecular flexibility index (Phi) is 7.10. The van der Waals surface area contributed by atoms with Crippen LogP contribution in [-0.2, 0) is 21.2 Å². The number of benzene rings is 2. The SMILES string of the molecule is CCOc1ccc(NC(=O)Cc2ccc(-n3cccn3)cc2)cc1S(=O)(=O)N1CCCCC1. The molecule has 9 heteroatoms. The number of amides is 1. The molecule has 4 rings (SSSR count). The fraction of sp³-hybridized carbons (Fsp3) is 0.333. The van der Waals surface area contributed by atoms with Gasteiger partial charge >= 0.3 is 0 Å². The van der Waals surface area contributed by atoms with Crippen molar-refractivity contribution in [1.29, 1.82) is 0 Å². The second-order valence-corrected chi connectivity index (χ2v) is 9.81. The fourth-order valence-corrected chi connectivity index (χ4v) is 5.56. The van der Waals surface area contributed by atoms with E-state index in [4.69, 9.17) is 4.74 Å². The lowest BCUT2D eigenvalue weighted by atomic mass is 10.1. The standard InChI is InChI=1S/C24H28N4O4S/c1-2-32-22-12-9-20(18-23(22)33(30,31)27-14-4-3-5-15-27)26-24(29)17-19-7-10-21(11-8-19)28-16-6-13-25-28/h6-13,16,18H,2-5,14-15,17H2,1H3,(H,26,29). The van der Waals surface area contributed by atoms with E-state index in [2.05, 4.69) is 10.4 Å². The zero-order valence-corrected chi connectivity index (χ0v) is 19.4. The van der Waals surface area contributed by atoms with Crippen LogP contribution in [0, 0.1) is 0 Å². The summed E-state index contributed by atoms with van der Waals surface area (Å²) in [5.41, 5.74) is 2.17. The van der Waals surface area contributed by atoms with Gasteiger partial charge in [-0.2, -0.15) is 9.40 Å². The average Bonchev–Trinajstić information content (AvgIpc) is 3.36. The zero-order valence-electron chi connectivity index (χ0n) is 18.6. The molecule has 33 heavy (non-hydrogen) atoms. The van der Waals surface area contributed by atoms with Crippen molar-refractivity contribution < 1.29 is 17.9 Å². The molecule has 174 valence electrons. The number of rotatable bonds is 8. The number of nitrogens with one attached hydrogen (secondary N) is 1. The number of ether oxygens (including phenoxy) is 1. The van der Waals surface area contributed by atoms with Gasteiger partial charge in [-0.15, -0.1) is 0 Å². The molecule has 8 nitrogen and oxygen atoms in total. The number of aromatic nitrogens is 2. The van der Waals surface area contributed by atoms with E-state index >= 15 is 0 Å². The first-order valence-corrected chi connectivity index (χ1v) is 12.6. The summed E-state index contributed by atoms with van der Waals surface area (Å²) in [5, 5.41) is 7.01. The van der Waals surface area contributed by atoms with Gasteiger partial charge in [0, 0.05) is 31.2 Å². The van der Waals surface area contributed by atoms with E-state index in [1.54, 1.807) is 23.0 Å². The number of carbonyl (C=O) groups excluding carboxylic acids is 1. The molecule has 0 saturated carbocycles. The molecule has 1 saturated heterocycles. The van der Waals surface area contributed by atoms with Crippen molar-refractivity contribution in [2.24, 2.45) is 0 Å². The highest BCUT2D eigenvalue weighted by molar-refractivity contribution is 7.89. The molecule has 0 bridgehead atoms. The third-order valence-corrected chi connectivity index (χ3v) is 7.45. The predicted octanol–water partition coefficient (Wildman–Crippen LogP) is 3.63. The summed E-state index contributed by atoms with van der Waals surface area (Å²) in [7, 11) is -3.71. The second kappa shape index (κ2) is 10.2. The molecule has 1 aromatic heterocycles. The summed E-state index contributed by atoms with van der Waals surface area (Å²) < 4.78 is 35.4. The van der Waals surface area contributed by atoms with Gasteiger partial charge < -0.3 is 10.1 Å². The van der Waals surface area contributed by atoms with Gasteiger partial charge in [0.15, 0.2) is 0 Å². The fourth-order valence-electron chi connectivity index (χ4n) is 3.89. The molecule has 0 atom stereocenters. The van der Waals surface area contributed by atoms with Crippen molar-refractivity contribution in [2.75, 3.05) is 25.0 Å². The van der Waals surface area contributed by atoms with Gasteiger partial charge in [-0.3, -0.25) is 4.79 Å². The number of hydrogen-bond acceptors (Lipinski definition) is 5. The molecule has 0 aliphatic carbocycles. The number of anilines is 1. The Balaban J connectivity index is 1.49. The Labute approximate surface area is 194 Å². The summed E-state index contributed by atoms with van der Waals surface area (Å²) >= 11 is 0. The number of hydrogen-bond donors (Lipinski definition) is 1. The van der Waals surface area contributed by atoms with Crippen molar-refractivity contribution in [3.8, 4) is 11.4 Å². The predicted molar refractivity (Wildman–Crippen MR) is 126 cm³/mol. The van der Waals surface area contributed by atoms with Crippen LogP contribution >= 0.6 is 0 Å². The van der Waals surface area contributed by atoms with Crippen LogP contribution in [-0.4, -0.2) is 48.1 Å². The van der Waals surface area contributed by atoms with Crippen LogP contribution < -0.4 is 10.1 Å². The monoisotopic (exact) mass is 468 g/mol.